The molecule has 1 rings (SSSR count). The van der Waals surface area contributed by atoms with E-state index in [9.17, 15) is 0 Å². The second-order valence-electron chi connectivity index (χ2n) is 3.45. The Bertz CT molecular complexity index is 361. The van der Waals surface area contributed by atoms with E-state index in [1.54, 1.807) is 6.07 Å². The molecule has 3 nitrogen and oxygen atoms in total. The van der Waals surface area contributed by atoms with Crippen molar-refractivity contribution in [2.45, 2.75) is 13.3 Å². The zero-order valence-corrected chi connectivity index (χ0v) is 12.3. The molecule has 0 bridgehead atoms. The molecule has 0 unspecified atom stereocenters. The largest absolute Gasteiger partial charge is 0.369 e. The molecule has 0 saturated carbocycles. The Kier molecular flexibility index (Phi) is 6.85. The topological polar surface area (TPSA) is 37.0 Å². The van der Waals surface area contributed by atoms with Gasteiger partial charge in [0.05, 0.1) is 10.0 Å². The van der Waals surface area contributed by atoms with E-state index in [0.29, 0.717) is 21.7 Å². The minimum atomic E-state index is 0.548. The van der Waals surface area contributed by atoms with Crippen LogP contribution in [0.1, 0.15) is 13.3 Å². The first-order valence-corrected chi connectivity index (χ1v) is 7.66. The summed E-state index contributed by atoms with van der Waals surface area (Å²) < 4.78 is 0. The van der Waals surface area contributed by atoms with Crippen LogP contribution in [0.5, 0.6) is 0 Å². The number of thioether (sulfide) groups is 1. The lowest BCUT2D eigenvalue weighted by Crippen LogP contribution is -2.07. The quantitative estimate of drug-likeness (QED) is 0.746. The Labute approximate surface area is 117 Å². The van der Waals surface area contributed by atoms with Gasteiger partial charge in [-0.1, -0.05) is 23.2 Å². The van der Waals surface area contributed by atoms with Gasteiger partial charge in [-0.25, -0.2) is 4.98 Å². The summed E-state index contributed by atoms with van der Waals surface area (Å²) >= 11 is 13.9. The van der Waals surface area contributed by atoms with Gasteiger partial charge in [0.15, 0.2) is 0 Å². The molecule has 6 heteroatoms. The highest BCUT2D eigenvalue weighted by Crippen LogP contribution is 2.29. The number of anilines is 2. The van der Waals surface area contributed by atoms with Crippen LogP contribution in [0.25, 0.3) is 0 Å². The van der Waals surface area contributed by atoms with Crippen molar-refractivity contribution in [3.63, 3.8) is 0 Å². The maximum Gasteiger partial charge on any atom is 0.147 e. The van der Waals surface area contributed by atoms with Gasteiger partial charge in [-0.15, -0.1) is 0 Å². The van der Waals surface area contributed by atoms with Crippen LogP contribution in [-0.4, -0.2) is 30.1 Å². The molecule has 0 aliphatic carbocycles. The monoisotopic (exact) mass is 293 g/mol. The van der Waals surface area contributed by atoms with Crippen molar-refractivity contribution in [3.05, 3.63) is 16.1 Å². The van der Waals surface area contributed by atoms with E-state index in [4.69, 9.17) is 23.2 Å². The number of hydrogen-bond donors (Lipinski definition) is 2. The normalized spacial score (nSPS) is 10.4. The zero-order chi connectivity index (χ0) is 12.7. The summed E-state index contributed by atoms with van der Waals surface area (Å²) in [6.45, 7) is 3.64. The SMILES string of the molecule is CCNc1nc(NCCCSC)c(Cl)cc1Cl. The number of halogens is 2. The van der Waals surface area contributed by atoms with Crippen molar-refractivity contribution in [2.75, 3.05) is 35.7 Å². The highest BCUT2D eigenvalue weighted by Gasteiger charge is 2.08. The van der Waals surface area contributed by atoms with Gasteiger partial charge in [0.1, 0.15) is 11.6 Å². The van der Waals surface area contributed by atoms with Crippen LogP contribution < -0.4 is 10.6 Å². The van der Waals surface area contributed by atoms with Gasteiger partial charge < -0.3 is 10.6 Å². The molecule has 1 heterocycles. The molecule has 1 aromatic rings. The lowest BCUT2D eigenvalue weighted by atomic mass is 10.4. The molecule has 0 saturated heterocycles. The average Bonchev–Trinajstić information content (AvgIpc) is 2.30. The predicted octanol–water partition coefficient (Wildman–Crippen LogP) is 3.99. The Morgan fingerprint density at radius 2 is 1.88 bits per heavy atom. The Morgan fingerprint density at radius 3 is 2.47 bits per heavy atom. The van der Waals surface area contributed by atoms with Crippen LogP contribution >= 0.6 is 35.0 Å². The molecule has 2 N–H and O–H groups in total. The summed E-state index contributed by atoms with van der Waals surface area (Å²) in [5.74, 6) is 2.48. The van der Waals surface area contributed by atoms with Gasteiger partial charge in [-0.2, -0.15) is 11.8 Å². The van der Waals surface area contributed by atoms with Crippen molar-refractivity contribution in [1.82, 2.24) is 4.98 Å². The average molecular weight is 294 g/mol. The van der Waals surface area contributed by atoms with E-state index in [0.717, 1.165) is 25.3 Å². The third-order valence-corrected chi connectivity index (χ3v) is 3.36. The van der Waals surface area contributed by atoms with Gasteiger partial charge >= 0.3 is 0 Å². The Hall–Kier alpha value is -0.320. The number of nitrogens with one attached hydrogen (secondary N) is 2. The first-order valence-electron chi connectivity index (χ1n) is 5.51. The molecular formula is C11H17Cl2N3S. The summed E-state index contributed by atoms with van der Waals surface area (Å²) in [5.41, 5.74) is 0. The van der Waals surface area contributed by atoms with Gasteiger partial charge in [-0.05, 0) is 31.4 Å². The summed E-state index contributed by atoms with van der Waals surface area (Å²) in [4.78, 5) is 4.37. The second-order valence-corrected chi connectivity index (χ2v) is 5.25. The molecule has 0 fully saturated rings. The maximum atomic E-state index is 6.07. The molecule has 0 aliphatic rings. The minimum Gasteiger partial charge on any atom is -0.369 e. The lowest BCUT2D eigenvalue weighted by Gasteiger charge is -2.11. The molecule has 0 radical (unpaired) electrons. The third-order valence-electron chi connectivity index (χ3n) is 2.09. The fourth-order valence-corrected chi connectivity index (χ4v) is 2.23. The molecule has 0 aromatic carbocycles. The first kappa shape index (κ1) is 14.7. The lowest BCUT2D eigenvalue weighted by molar-refractivity contribution is 0.981. The molecule has 0 amide bonds. The highest BCUT2D eigenvalue weighted by atomic mass is 35.5. The van der Waals surface area contributed by atoms with E-state index in [1.807, 2.05) is 18.7 Å². The Morgan fingerprint density at radius 1 is 1.24 bits per heavy atom. The molecule has 0 atom stereocenters. The summed E-state index contributed by atoms with van der Waals surface area (Å²) in [7, 11) is 0. The van der Waals surface area contributed by atoms with Crippen molar-refractivity contribution >= 4 is 46.6 Å². The van der Waals surface area contributed by atoms with E-state index >= 15 is 0 Å². The van der Waals surface area contributed by atoms with Gasteiger partial charge in [0.25, 0.3) is 0 Å². The van der Waals surface area contributed by atoms with Crippen molar-refractivity contribution in [3.8, 4) is 0 Å². The predicted molar refractivity (Wildman–Crippen MR) is 79.9 cm³/mol. The van der Waals surface area contributed by atoms with Crippen molar-refractivity contribution in [2.24, 2.45) is 0 Å². The van der Waals surface area contributed by atoms with Crippen molar-refractivity contribution < 1.29 is 0 Å². The standard InChI is InChI=1S/C11H17Cl2N3S/c1-3-14-10-8(12)7-9(13)11(16-10)15-5-4-6-17-2/h7H,3-6H2,1-2H3,(H2,14,15,16). The van der Waals surface area contributed by atoms with Crippen LogP contribution in [0, 0.1) is 0 Å². The van der Waals surface area contributed by atoms with Crippen molar-refractivity contribution in [1.29, 1.82) is 0 Å². The number of rotatable bonds is 7. The summed E-state index contributed by atoms with van der Waals surface area (Å²) in [6.07, 6.45) is 3.18. The molecule has 17 heavy (non-hydrogen) atoms. The Balaban J connectivity index is 2.66. The smallest absolute Gasteiger partial charge is 0.147 e. The number of nitrogens with zero attached hydrogens (tertiary/aromatic N) is 1. The fraction of sp³-hybridized carbons (Fsp3) is 0.545. The van der Waals surface area contributed by atoms with Crippen LogP contribution in [0.2, 0.25) is 10.0 Å². The van der Waals surface area contributed by atoms with Crippen LogP contribution in [0.3, 0.4) is 0 Å². The fourth-order valence-electron chi connectivity index (χ4n) is 1.31. The molecule has 1 aromatic heterocycles. The maximum absolute atomic E-state index is 6.07. The minimum absolute atomic E-state index is 0.548. The van der Waals surface area contributed by atoms with Crippen LogP contribution in [0.15, 0.2) is 6.07 Å². The number of pyridine rings is 1. The highest BCUT2D eigenvalue weighted by molar-refractivity contribution is 7.98. The molecular weight excluding hydrogens is 277 g/mol. The van der Waals surface area contributed by atoms with E-state index < -0.39 is 0 Å². The molecule has 96 valence electrons. The summed E-state index contributed by atoms with van der Waals surface area (Å²) in [6, 6.07) is 1.71. The summed E-state index contributed by atoms with van der Waals surface area (Å²) in [5, 5.41) is 7.42. The van der Waals surface area contributed by atoms with Gasteiger partial charge in [0, 0.05) is 13.1 Å². The first-order chi connectivity index (χ1) is 8.19. The number of aromatic nitrogens is 1. The second kappa shape index (κ2) is 7.90. The number of hydrogen-bond acceptors (Lipinski definition) is 4. The van der Waals surface area contributed by atoms with E-state index in [-0.39, 0.29) is 0 Å². The van der Waals surface area contributed by atoms with Crippen LogP contribution in [0.4, 0.5) is 11.6 Å². The molecule has 0 spiro atoms. The van der Waals surface area contributed by atoms with Crippen LogP contribution in [-0.2, 0) is 0 Å². The zero-order valence-electron chi connectivity index (χ0n) is 10.0. The van der Waals surface area contributed by atoms with E-state index in [2.05, 4.69) is 21.9 Å². The third kappa shape index (κ3) is 4.82. The van der Waals surface area contributed by atoms with Gasteiger partial charge in [-0.3, -0.25) is 0 Å². The molecule has 0 aliphatic heterocycles. The van der Waals surface area contributed by atoms with Gasteiger partial charge in [0.2, 0.25) is 0 Å². The van der Waals surface area contributed by atoms with E-state index in [1.165, 1.54) is 0 Å².